The maximum Gasteiger partial charge on any atom is 0.234 e. The molecule has 0 radical (unpaired) electrons. The smallest absolute Gasteiger partial charge is 0.234 e. The van der Waals surface area contributed by atoms with Gasteiger partial charge in [-0.3, -0.25) is 14.6 Å². The minimum atomic E-state index is -0.638. The number of hydrogen-bond donors (Lipinski definition) is 2. The number of hydrogen-bond acceptors (Lipinski definition) is 4. The van der Waals surface area contributed by atoms with E-state index in [-0.39, 0.29) is 5.91 Å². The van der Waals surface area contributed by atoms with E-state index in [0.29, 0.717) is 13.1 Å². The molecule has 1 aliphatic heterocycles. The van der Waals surface area contributed by atoms with E-state index in [2.05, 4.69) is 22.0 Å². The number of carbonyl (C=O) groups excluding carboxylic acids is 1. The zero-order valence-electron chi connectivity index (χ0n) is 11.9. The van der Waals surface area contributed by atoms with E-state index in [9.17, 15) is 9.90 Å². The van der Waals surface area contributed by atoms with Crippen LogP contribution in [0.1, 0.15) is 27.2 Å². The van der Waals surface area contributed by atoms with Gasteiger partial charge in [0.15, 0.2) is 0 Å². The van der Waals surface area contributed by atoms with E-state index >= 15 is 0 Å². The van der Waals surface area contributed by atoms with Crippen LogP contribution in [0.5, 0.6) is 0 Å². The highest BCUT2D eigenvalue weighted by Crippen LogP contribution is 2.08. The summed E-state index contributed by atoms with van der Waals surface area (Å²) in [6.07, 6.45) is 0.977. The predicted octanol–water partition coefficient (Wildman–Crippen LogP) is -0.0989. The van der Waals surface area contributed by atoms with Gasteiger partial charge >= 0.3 is 0 Å². The highest BCUT2D eigenvalue weighted by atomic mass is 16.3. The first-order valence-corrected chi connectivity index (χ1v) is 6.84. The van der Waals surface area contributed by atoms with Crippen LogP contribution in [0.4, 0.5) is 0 Å². The minimum Gasteiger partial charge on any atom is -0.389 e. The lowest BCUT2D eigenvalue weighted by molar-refractivity contribution is -0.122. The van der Waals surface area contributed by atoms with Crippen molar-refractivity contribution in [2.24, 2.45) is 0 Å². The summed E-state index contributed by atoms with van der Waals surface area (Å²) < 4.78 is 0. The first-order chi connectivity index (χ1) is 8.40. The Labute approximate surface area is 110 Å². The molecular formula is C13H27N3O2. The van der Waals surface area contributed by atoms with E-state index in [1.54, 1.807) is 0 Å². The van der Waals surface area contributed by atoms with Crippen LogP contribution >= 0.6 is 0 Å². The van der Waals surface area contributed by atoms with Gasteiger partial charge in [-0.2, -0.15) is 0 Å². The number of amides is 1. The molecule has 1 amide bonds. The largest absolute Gasteiger partial charge is 0.389 e. The number of rotatable bonds is 6. The Hall–Kier alpha value is -0.650. The molecule has 18 heavy (non-hydrogen) atoms. The van der Waals surface area contributed by atoms with Crippen LogP contribution in [0, 0.1) is 0 Å². The molecule has 106 valence electrons. The third kappa shape index (κ3) is 6.33. The Balaban J connectivity index is 2.21. The van der Waals surface area contributed by atoms with Gasteiger partial charge in [0, 0.05) is 39.3 Å². The Morgan fingerprint density at radius 2 is 1.78 bits per heavy atom. The van der Waals surface area contributed by atoms with Crippen molar-refractivity contribution in [2.75, 3.05) is 45.8 Å². The van der Waals surface area contributed by atoms with Crippen molar-refractivity contribution in [1.29, 1.82) is 0 Å². The molecule has 0 bridgehead atoms. The fourth-order valence-electron chi connectivity index (χ4n) is 2.18. The van der Waals surface area contributed by atoms with Crippen LogP contribution in [0.3, 0.4) is 0 Å². The Morgan fingerprint density at radius 1 is 1.22 bits per heavy atom. The summed E-state index contributed by atoms with van der Waals surface area (Å²) in [6, 6.07) is 0. The van der Waals surface area contributed by atoms with Crippen LogP contribution in [0.15, 0.2) is 0 Å². The molecule has 0 unspecified atom stereocenters. The molecule has 0 atom stereocenters. The van der Waals surface area contributed by atoms with Gasteiger partial charge < -0.3 is 10.4 Å². The van der Waals surface area contributed by atoms with E-state index in [4.69, 9.17) is 0 Å². The molecule has 0 aromatic carbocycles. The summed E-state index contributed by atoms with van der Waals surface area (Å²) >= 11 is 0. The second-order valence-electron chi connectivity index (χ2n) is 5.71. The molecule has 1 saturated heterocycles. The lowest BCUT2D eigenvalue weighted by Gasteiger charge is -2.36. The molecule has 0 saturated carbocycles. The molecule has 5 heteroatoms. The summed E-state index contributed by atoms with van der Waals surface area (Å²) in [7, 11) is 0. The number of nitrogens with zero attached hydrogens (tertiary/aromatic N) is 2. The molecule has 0 spiro atoms. The van der Waals surface area contributed by atoms with Crippen molar-refractivity contribution >= 4 is 5.91 Å². The summed E-state index contributed by atoms with van der Waals surface area (Å²) in [4.78, 5) is 16.0. The third-order valence-corrected chi connectivity index (χ3v) is 3.01. The highest BCUT2D eigenvalue weighted by molar-refractivity contribution is 5.77. The van der Waals surface area contributed by atoms with Crippen LogP contribution in [0.25, 0.3) is 0 Å². The van der Waals surface area contributed by atoms with E-state index in [0.717, 1.165) is 39.1 Å². The van der Waals surface area contributed by atoms with Crippen LogP contribution < -0.4 is 5.32 Å². The first-order valence-electron chi connectivity index (χ1n) is 6.84. The van der Waals surface area contributed by atoms with Gasteiger partial charge in [0.1, 0.15) is 0 Å². The van der Waals surface area contributed by atoms with Gasteiger partial charge in [0.2, 0.25) is 5.91 Å². The number of β-amino-alcohol motifs (C(OH)–C–C–N with tert-alkyl or cyclic N) is 1. The monoisotopic (exact) mass is 257 g/mol. The molecule has 1 heterocycles. The summed E-state index contributed by atoms with van der Waals surface area (Å²) in [5, 5.41) is 12.7. The molecule has 0 aromatic heterocycles. The zero-order chi connectivity index (χ0) is 13.6. The second-order valence-corrected chi connectivity index (χ2v) is 5.71. The number of piperazine rings is 1. The van der Waals surface area contributed by atoms with Gasteiger partial charge in [-0.15, -0.1) is 0 Å². The first kappa shape index (κ1) is 15.4. The molecule has 1 rings (SSSR count). The number of nitrogens with one attached hydrogen (secondary N) is 1. The molecule has 1 aliphatic rings. The Bertz CT molecular complexity index is 255. The maximum atomic E-state index is 11.6. The van der Waals surface area contributed by atoms with Crippen LogP contribution in [0.2, 0.25) is 0 Å². The van der Waals surface area contributed by atoms with Gasteiger partial charge in [-0.05, 0) is 20.3 Å². The average molecular weight is 257 g/mol. The van der Waals surface area contributed by atoms with E-state index < -0.39 is 5.60 Å². The van der Waals surface area contributed by atoms with E-state index in [1.165, 1.54) is 0 Å². The number of carbonyl (C=O) groups is 1. The van der Waals surface area contributed by atoms with Crippen molar-refractivity contribution in [3.63, 3.8) is 0 Å². The summed E-state index contributed by atoms with van der Waals surface area (Å²) in [6.45, 7) is 11.3. The number of aliphatic hydroxyl groups is 1. The standard InChI is InChI=1S/C13H27N3O2/c1-4-5-14-12(17)10-15-6-8-16(9-7-15)11-13(2,3)18/h18H,4-11H2,1-3H3,(H,14,17). The second kappa shape index (κ2) is 7.07. The third-order valence-electron chi connectivity index (χ3n) is 3.01. The molecule has 1 fully saturated rings. The maximum absolute atomic E-state index is 11.6. The zero-order valence-corrected chi connectivity index (χ0v) is 11.9. The SMILES string of the molecule is CCCNC(=O)CN1CCN(CC(C)(C)O)CC1. The Kier molecular flexibility index (Phi) is 6.05. The minimum absolute atomic E-state index is 0.118. The van der Waals surface area contributed by atoms with Crippen LogP contribution in [-0.4, -0.2) is 72.2 Å². The fourth-order valence-corrected chi connectivity index (χ4v) is 2.18. The average Bonchev–Trinajstić information content (AvgIpc) is 2.27. The Morgan fingerprint density at radius 3 is 2.28 bits per heavy atom. The molecule has 2 N–H and O–H groups in total. The van der Waals surface area contributed by atoms with Gasteiger partial charge in [-0.1, -0.05) is 6.92 Å². The lowest BCUT2D eigenvalue weighted by Crippen LogP contribution is -2.52. The van der Waals surface area contributed by atoms with E-state index in [1.807, 2.05) is 13.8 Å². The summed E-state index contributed by atoms with van der Waals surface area (Å²) in [5.41, 5.74) is -0.638. The fraction of sp³-hybridized carbons (Fsp3) is 0.923. The topological polar surface area (TPSA) is 55.8 Å². The van der Waals surface area contributed by atoms with Crippen LogP contribution in [-0.2, 0) is 4.79 Å². The predicted molar refractivity (Wildman–Crippen MR) is 72.5 cm³/mol. The lowest BCUT2D eigenvalue weighted by atomic mass is 10.1. The molecule has 0 aliphatic carbocycles. The summed E-state index contributed by atoms with van der Waals surface area (Å²) in [5.74, 6) is 0.118. The quantitative estimate of drug-likeness (QED) is 0.698. The van der Waals surface area contributed by atoms with Crippen molar-refractivity contribution in [3.8, 4) is 0 Å². The van der Waals surface area contributed by atoms with Gasteiger partial charge in [-0.25, -0.2) is 0 Å². The normalized spacial score (nSPS) is 18.9. The molecule has 5 nitrogen and oxygen atoms in total. The molecular weight excluding hydrogens is 230 g/mol. The van der Waals surface area contributed by atoms with Gasteiger partial charge in [0.05, 0.1) is 12.1 Å². The van der Waals surface area contributed by atoms with Crippen molar-refractivity contribution in [2.45, 2.75) is 32.8 Å². The molecule has 0 aromatic rings. The van der Waals surface area contributed by atoms with Crippen molar-refractivity contribution in [3.05, 3.63) is 0 Å². The van der Waals surface area contributed by atoms with Crippen molar-refractivity contribution in [1.82, 2.24) is 15.1 Å². The van der Waals surface area contributed by atoms with Crippen molar-refractivity contribution < 1.29 is 9.90 Å². The highest BCUT2D eigenvalue weighted by Gasteiger charge is 2.23. The van der Waals surface area contributed by atoms with Gasteiger partial charge in [0.25, 0.3) is 0 Å².